The van der Waals surface area contributed by atoms with Crippen LogP contribution in [0.4, 0.5) is 10.1 Å². The molecule has 0 spiro atoms. The maximum atomic E-state index is 13.2. The Hall–Kier alpha value is -1.54. The van der Waals surface area contributed by atoms with Gasteiger partial charge < -0.3 is 4.74 Å². The van der Waals surface area contributed by atoms with Gasteiger partial charge in [0, 0.05) is 11.6 Å². The van der Waals surface area contributed by atoms with E-state index in [1.54, 1.807) is 6.92 Å². The molecule has 20 heavy (non-hydrogen) atoms. The van der Waals surface area contributed by atoms with Gasteiger partial charge in [-0.1, -0.05) is 0 Å². The van der Waals surface area contributed by atoms with Crippen molar-refractivity contribution in [3.63, 3.8) is 0 Å². The van der Waals surface area contributed by atoms with E-state index in [0.29, 0.717) is 14.5 Å². The van der Waals surface area contributed by atoms with E-state index in [4.69, 9.17) is 4.74 Å². The third-order valence-electron chi connectivity index (χ3n) is 2.50. The molecule has 0 saturated heterocycles. The topological polar surface area (TPSA) is 65.3 Å². The molecule has 0 N–H and O–H groups in total. The van der Waals surface area contributed by atoms with Crippen LogP contribution >= 0.6 is 31.9 Å². The summed E-state index contributed by atoms with van der Waals surface area (Å²) in [6.07, 6.45) is 1.10. The molecule has 0 fully saturated rings. The number of hydrogen-bond acceptors (Lipinski definition) is 4. The lowest BCUT2D eigenvalue weighted by atomic mass is 10.2. The number of halogens is 3. The fourth-order valence-corrected chi connectivity index (χ4v) is 2.17. The van der Waals surface area contributed by atoms with Gasteiger partial charge in [-0.25, -0.2) is 9.37 Å². The van der Waals surface area contributed by atoms with Crippen molar-refractivity contribution in [2.45, 2.75) is 6.92 Å². The third-order valence-corrected chi connectivity index (χ3v) is 4.09. The molecule has 104 valence electrons. The van der Waals surface area contributed by atoms with Crippen LogP contribution < -0.4 is 4.74 Å². The summed E-state index contributed by atoms with van der Waals surface area (Å²) < 4.78 is 19.5. The predicted octanol–water partition coefficient (Wildman–Crippen LogP) is 4.75. The van der Waals surface area contributed by atoms with Crippen molar-refractivity contribution in [3.8, 4) is 11.6 Å². The van der Waals surface area contributed by atoms with Crippen LogP contribution in [0.2, 0.25) is 0 Å². The second-order valence-electron chi connectivity index (χ2n) is 3.82. The monoisotopic (exact) mass is 404 g/mol. The maximum absolute atomic E-state index is 13.2. The highest BCUT2D eigenvalue weighted by atomic mass is 79.9. The summed E-state index contributed by atoms with van der Waals surface area (Å²) in [5, 5.41) is 10.8. The summed E-state index contributed by atoms with van der Waals surface area (Å²) in [5.41, 5.74) is 0.259. The van der Waals surface area contributed by atoms with Gasteiger partial charge in [0.25, 0.3) is 5.69 Å². The number of nitrogens with zero attached hydrogens (tertiary/aromatic N) is 2. The second-order valence-corrected chi connectivity index (χ2v) is 5.47. The lowest BCUT2D eigenvalue weighted by molar-refractivity contribution is -0.385. The summed E-state index contributed by atoms with van der Waals surface area (Å²) in [6, 6.07) is 3.96. The molecule has 0 aliphatic heterocycles. The van der Waals surface area contributed by atoms with E-state index in [1.807, 2.05) is 0 Å². The van der Waals surface area contributed by atoms with Crippen molar-refractivity contribution in [1.29, 1.82) is 0 Å². The van der Waals surface area contributed by atoms with E-state index in [1.165, 1.54) is 18.2 Å². The molecule has 0 saturated carbocycles. The van der Waals surface area contributed by atoms with Crippen molar-refractivity contribution in [3.05, 3.63) is 54.8 Å². The van der Waals surface area contributed by atoms with Crippen LogP contribution in [0.25, 0.3) is 0 Å². The average Bonchev–Trinajstić information content (AvgIpc) is 2.39. The first kappa shape index (κ1) is 14.9. The van der Waals surface area contributed by atoms with Gasteiger partial charge in [-0.05, 0) is 50.9 Å². The fraction of sp³-hybridized carbons (Fsp3) is 0.0833. The number of aromatic nitrogens is 1. The number of hydrogen-bond donors (Lipinski definition) is 0. The van der Waals surface area contributed by atoms with Crippen LogP contribution in [0.3, 0.4) is 0 Å². The minimum Gasteiger partial charge on any atom is -0.437 e. The normalized spacial score (nSPS) is 10.4. The van der Waals surface area contributed by atoms with Gasteiger partial charge in [0.1, 0.15) is 17.8 Å². The summed E-state index contributed by atoms with van der Waals surface area (Å²) in [4.78, 5) is 14.1. The van der Waals surface area contributed by atoms with Gasteiger partial charge in [0.15, 0.2) is 0 Å². The summed E-state index contributed by atoms with van der Waals surface area (Å²) >= 11 is 6.42. The zero-order chi connectivity index (χ0) is 14.9. The minimum atomic E-state index is -0.533. The molecule has 0 bridgehead atoms. The molecule has 0 unspecified atom stereocenters. The van der Waals surface area contributed by atoms with Crippen LogP contribution in [0.1, 0.15) is 5.56 Å². The molecule has 2 rings (SSSR count). The van der Waals surface area contributed by atoms with Crippen LogP contribution in [-0.2, 0) is 0 Å². The first-order chi connectivity index (χ1) is 9.40. The molecule has 0 radical (unpaired) electrons. The summed E-state index contributed by atoms with van der Waals surface area (Å²) in [5.74, 6) is -0.108. The van der Waals surface area contributed by atoms with Crippen molar-refractivity contribution >= 4 is 37.5 Å². The van der Waals surface area contributed by atoms with E-state index < -0.39 is 10.7 Å². The molecular weight excluding hydrogens is 399 g/mol. The van der Waals surface area contributed by atoms with Gasteiger partial charge in [-0.15, -0.1) is 0 Å². The van der Waals surface area contributed by atoms with E-state index >= 15 is 0 Å². The first-order valence-corrected chi connectivity index (χ1v) is 6.91. The highest BCUT2D eigenvalue weighted by Crippen LogP contribution is 2.36. The Morgan fingerprint density at radius 3 is 2.75 bits per heavy atom. The van der Waals surface area contributed by atoms with Crippen molar-refractivity contribution in [2.75, 3.05) is 0 Å². The predicted molar refractivity (Wildman–Crippen MR) is 77.5 cm³/mol. The molecule has 0 atom stereocenters. The van der Waals surface area contributed by atoms with E-state index in [9.17, 15) is 14.5 Å². The van der Waals surface area contributed by atoms with Crippen molar-refractivity contribution in [2.24, 2.45) is 0 Å². The summed E-state index contributed by atoms with van der Waals surface area (Å²) in [7, 11) is 0. The Morgan fingerprint density at radius 1 is 1.40 bits per heavy atom. The minimum absolute atomic E-state index is 0.123. The molecular formula is C12H7Br2FN2O3. The number of nitro groups is 1. The Kier molecular flexibility index (Phi) is 4.34. The molecule has 1 aromatic heterocycles. The molecule has 1 heterocycles. The quantitative estimate of drug-likeness (QED) is 0.545. The Morgan fingerprint density at radius 2 is 2.10 bits per heavy atom. The Labute approximate surface area is 130 Å². The highest BCUT2D eigenvalue weighted by Gasteiger charge is 2.19. The van der Waals surface area contributed by atoms with Crippen molar-refractivity contribution in [1.82, 2.24) is 4.98 Å². The van der Waals surface area contributed by atoms with Crippen LogP contribution in [0, 0.1) is 22.9 Å². The third kappa shape index (κ3) is 2.96. The number of pyridine rings is 1. The van der Waals surface area contributed by atoms with Crippen molar-refractivity contribution < 1.29 is 14.1 Å². The summed E-state index contributed by atoms with van der Waals surface area (Å²) in [6.45, 7) is 1.57. The van der Waals surface area contributed by atoms with E-state index in [2.05, 4.69) is 36.8 Å². The number of rotatable bonds is 3. The maximum Gasteiger partial charge on any atom is 0.291 e. The van der Waals surface area contributed by atoms with Gasteiger partial charge >= 0.3 is 0 Å². The second kappa shape index (κ2) is 5.84. The van der Waals surface area contributed by atoms with E-state index in [0.717, 1.165) is 6.20 Å². The molecule has 0 aliphatic rings. The van der Waals surface area contributed by atoms with Crippen LogP contribution in [-0.4, -0.2) is 9.91 Å². The van der Waals surface area contributed by atoms with Gasteiger partial charge in [0.2, 0.25) is 5.88 Å². The SMILES string of the molecule is Cc1c([N+](=O)[O-])cnc(Oc2cc(F)ccc2Br)c1Br. The average molecular weight is 406 g/mol. The Bertz CT molecular complexity index is 695. The fourth-order valence-electron chi connectivity index (χ4n) is 1.46. The zero-order valence-corrected chi connectivity index (χ0v) is 13.2. The van der Waals surface area contributed by atoms with Gasteiger partial charge in [0.05, 0.1) is 13.9 Å². The molecule has 1 aromatic carbocycles. The molecule has 0 amide bonds. The zero-order valence-electron chi connectivity index (χ0n) is 10.1. The van der Waals surface area contributed by atoms with Crippen LogP contribution in [0.15, 0.2) is 33.3 Å². The number of ether oxygens (including phenoxy) is 1. The molecule has 8 heteroatoms. The standard InChI is InChI=1S/C12H7Br2FN2O3/c1-6-9(17(18)19)5-16-12(11(6)14)20-10-4-7(15)2-3-8(10)13/h2-5H,1H3. The molecule has 2 aromatic rings. The lowest BCUT2D eigenvalue weighted by Crippen LogP contribution is -1.97. The smallest absolute Gasteiger partial charge is 0.291 e. The van der Waals surface area contributed by atoms with Crippen LogP contribution in [0.5, 0.6) is 11.6 Å². The number of benzene rings is 1. The lowest BCUT2D eigenvalue weighted by Gasteiger charge is -2.10. The highest BCUT2D eigenvalue weighted by molar-refractivity contribution is 9.11. The van der Waals surface area contributed by atoms with E-state index in [-0.39, 0.29) is 17.3 Å². The molecule has 5 nitrogen and oxygen atoms in total. The Balaban J connectivity index is 2.42. The van der Waals surface area contributed by atoms with Gasteiger partial charge in [-0.2, -0.15) is 0 Å². The molecule has 0 aliphatic carbocycles. The first-order valence-electron chi connectivity index (χ1n) is 5.32. The van der Waals surface area contributed by atoms with Gasteiger partial charge in [-0.3, -0.25) is 10.1 Å². The largest absolute Gasteiger partial charge is 0.437 e.